The highest BCUT2D eigenvalue weighted by Gasteiger charge is 2.06. The maximum Gasteiger partial charge on any atom is 0.300 e. The quantitative estimate of drug-likeness (QED) is 0.500. The van der Waals surface area contributed by atoms with Crippen LogP contribution in [-0.4, -0.2) is 24.3 Å². The van der Waals surface area contributed by atoms with E-state index in [1.54, 1.807) is 16.8 Å². The Labute approximate surface area is 71.3 Å². The maximum atomic E-state index is 11.3. The molecule has 0 aromatic carbocycles. The van der Waals surface area contributed by atoms with Crippen LogP contribution in [0.4, 0.5) is 0 Å². The molecule has 13 heavy (non-hydrogen) atoms. The van der Waals surface area contributed by atoms with Crippen LogP contribution in [0.3, 0.4) is 0 Å². The average Bonchev–Trinajstić information content (AvgIpc) is 2.66. The molecule has 0 radical (unpaired) electrons. The van der Waals surface area contributed by atoms with E-state index in [9.17, 15) is 4.79 Å². The van der Waals surface area contributed by atoms with Crippen molar-refractivity contribution in [2.45, 2.75) is 0 Å². The van der Waals surface area contributed by atoms with Gasteiger partial charge in [0.15, 0.2) is 11.2 Å². The molecule has 0 bridgehead atoms. The fraction of sp³-hybridized carbons (Fsp3) is 0. The summed E-state index contributed by atoms with van der Waals surface area (Å²) in [5.41, 5.74) is 0.725. The lowest BCUT2D eigenvalue weighted by Gasteiger charge is -1.91. The van der Waals surface area contributed by atoms with E-state index in [2.05, 4.69) is 19.9 Å². The Morgan fingerprint density at radius 1 is 1.38 bits per heavy atom. The van der Waals surface area contributed by atoms with Crippen LogP contribution in [0.5, 0.6) is 0 Å². The third kappa shape index (κ3) is 0.689. The van der Waals surface area contributed by atoms with Crippen molar-refractivity contribution < 1.29 is 0 Å². The van der Waals surface area contributed by atoms with Crippen LogP contribution >= 0.6 is 0 Å². The van der Waals surface area contributed by atoms with Gasteiger partial charge in [-0.3, -0.25) is 9.20 Å². The lowest BCUT2D eigenvalue weighted by atomic mass is 10.5. The molecule has 0 saturated carbocycles. The van der Waals surface area contributed by atoms with E-state index in [1.807, 2.05) is 0 Å². The minimum absolute atomic E-state index is 0.296. The van der Waals surface area contributed by atoms with E-state index in [-0.39, 0.29) is 5.56 Å². The zero-order valence-electron chi connectivity index (χ0n) is 6.48. The topological polar surface area (TPSA) is 78.8 Å². The van der Waals surface area contributed by atoms with Gasteiger partial charge in [-0.25, -0.2) is 4.98 Å². The fourth-order valence-corrected chi connectivity index (χ4v) is 1.36. The highest BCUT2D eigenvalue weighted by atomic mass is 16.1. The van der Waals surface area contributed by atoms with Crippen molar-refractivity contribution in [1.29, 1.82) is 0 Å². The standard InChI is InChI=1S/C7H5N5O/c13-6-4-5(10-3-9-4)12-2-1-8-7(12)11-6/h1-3H,(H,9,10)(H,8,11,13). The predicted molar refractivity (Wildman–Crippen MR) is 45.5 cm³/mol. The molecule has 3 heterocycles. The van der Waals surface area contributed by atoms with Gasteiger partial charge in [0, 0.05) is 12.4 Å². The first-order valence-electron chi connectivity index (χ1n) is 3.75. The molecule has 0 saturated heterocycles. The van der Waals surface area contributed by atoms with Crippen LogP contribution in [0.25, 0.3) is 16.9 Å². The summed E-state index contributed by atoms with van der Waals surface area (Å²) in [7, 11) is 0. The molecule has 0 fully saturated rings. The van der Waals surface area contributed by atoms with Gasteiger partial charge < -0.3 is 9.97 Å². The van der Waals surface area contributed by atoms with Crippen molar-refractivity contribution in [3.05, 3.63) is 29.1 Å². The average molecular weight is 175 g/mol. The molecule has 3 aromatic heterocycles. The first-order chi connectivity index (χ1) is 6.36. The lowest BCUT2D eigenvalue weighted by Crippen LogP contribution is -2.09. The van der Waals surface area contributed by atoms with Gasteiger partial charge in [0.05, 0.1) is 6.33 Å². The van der Waals surface area contributed by atoms with Gasteiger partial charge in [-0.2, -0.15) is 4.98 Å². The normalized spacial score (nSPS) is 11.4. The molecule has 0 aliphatic carbocycles. The van der Waals surface area contributed by atoms with Gasteiger partial charge in [0.25, 0.3) is 0 Å². The number of aromatic nitrogens is 5. The van der Waals surface area contributed by atoms with Crippen molar-refractivity contribution >= 4 is 16.9 Å². The summed E-state index contributed by atoms with van der Waals surface area (Å²) in [6.07, 6.45) is 4.95. The Morgan fingerprint density at radius 3 is 3.23 bits per heavy atom. The highest BCUT2D eigenvalue weighted by Crippen LogP contribution is 2.04. The van der Waals surface area contributed by atoms with Crippen LogP contribution in [0.15, 0.2) is 23.5 Å². The zero-order valence-corrected chi connectivity index (χ0v) is 6.48. The van der Waals surface area contributed by atoms with E-state index >= 15 is 0 Å². The zero-order chi connectivity index (χ0) is 8.84. The molecule has 0 spiro atoms. The van der Waals surface area contributed by atoms with Gasteiger partial charge in [0.1, 0.15) is 0 Å². The van der Waals surface area contributed by atoms with Gasteiger partial charge in [0.2, 0.25) is 5.78 Å². The summed E-state index contributed by atoms with van der Waals surface area (Å²) in [6.45, 7) is 0. The lowest BCUT2D eigenvalue weighted by molar-refractivity contribution is 1.12. The minimum Gasteiger partial charge on any atom is -0.339 e. The summed E-state index contributed by atoms with van der Waals surface area (Å²) >= 11 is 0. The first-order valence-corrected chi connectivity index (χ1v) is 3.75. The second-order valence-electron chi connectivity index (χ2n) is 2.67. The Bertz CT molecular complexity index is 631. The number of H-pyrrole nitrogens is 2. The summed E-state index contributed by atoms with van der Waals surface area (Å²) in [5.74, 6) is 0.504. The number of rotatable bonds is 0. The van der Waals surface area contributed by atoms with Crippen molar-refractivity contribution in [3.8, 4) is 0 Å². The molecule has 0 atom stereocenters. The number of nitrogens with zero attached hydrogens (tertiary/aromatic N) is 3. The van der Waals surface area contributed by atoms with Crippen molar-refractivity contribution in [3.63, 3.8) is 0 Å². The third-order valence-corrected chi connectivity index (χ3v) is 1.93. The molecule has 0 aliphatic rings. The van der Waals surface area contributed by atoms with E-state index in [4.69, 9.17) is 0 Å². The number of nitrogens with one attached hydrogen (secondary N) is 2. The molecule has 2 N–H and O–H groups in total. The third-order valence-electron chi connectivity index (χ3n) is 1.93. The Morgan fingerprint density at radius 2 is 2.31 bits per heavy atom. The fourth-order valence-electron chi connectivity index (χ4n) is 1.36. The molecule has 0 unspecified atom stereocenters. The molecule has 3 aromatic rings. The molecule has 6 nitrogen and oxygen atoms in total. The summed E-state index contributed by atoms with van der Waals surface area (Å²) < 4.78 is 1.72. The van der Waals surface area contributed by atoms with E-state index < -0.39 is 0 Å². The number of imidazole rings is 2. The van der Waals surface area contributed by atoms with Crippen LogP contribution in [0.2, 0.25) is 0 Å². The maximum absolute atomic E-state index is 11.3. The van der Waals surface area contributed by atoms with Gasteiger partial charge in [-0.05, 0) is 0 Å². The molecule has 0 aliphatic heterocycles. The van der Waals surface area contributed by atoms with E-state index in [0.717, 1.165) is 0 Å². The van der Waals surface area contributed by atoms with Crippen LogP contribution in [-0.2, 0) is 0 Å². The van der Waals surface area contributed by atoms with Gasteiger partial charge in [-0.1, -0.05) is 0 Å². The summed E-state index contributed by atoms with van der Waals surface area (Å²) in [4.78, 5) is 24.8. The van der Waals surface area contributed by atoms with Crippen molar-refractivity contribution in [2.24, 2.45) is 0 Å². The molecule has 3 rings (SSSR count). The Kier molecular flexibility index (Phi) is 0.974. The minimum atomic E-state index is -0.296. The molecule has 0 amide bonds. The molecule has 6 heteroatoms. The van der Waals surface area contributed by atoms with Crippen LogP contribution < -0.4 is 5.56 Å². The first kappa shape index (κ1) is 6.41. The van der Waals surface area contributed by atoms with Crippen LogP contribution in [0, 0.1) is 0 Å². The van der Waals surface area contributed by atoms with Gasteiger partial charge in [-0.15, -0.1) is 0 Å². The number of aromatic amines is 2. The predicted octanol–water partition coefficient (Wildman–Crippen LogP) is -0.101. The Balaban J connectivity index is 2.79. The van der Waals surface area contributed by atoms with Gasteiger partial charge >= 0.3 is 5.56 Å². The summed E-state index contributed by atoms with van der Waals surface area (Å²) in [5, 5.41) is 0. The Hall–Kier alpha value is -2.11. The largest absolute Gasteiger partial charge is 0.339 e. The second kappa shape index (κ2) is 1.98. The van der Waals surface area contributed by atoms with E-state index in [1.165, 1.54) is 6.33 Å². The second-order valence-corrected chi connectivity index (χ2v) is 2.67. The molecule has 64 valence electrons. The van der Waals surface area contributed by atoms with E-state index in [0.29, 0.717) is 16.9 Å². The molecular weight excluding hydrogens is 170 g/mol. The molecular formula is C7H5N5O. The smallest absolute Gasteiger partial charge is 0.300 e. The monoisotopic (exact) mass is 175 g/mol. The number of fused-ring (bicyclic) bond motifs is 3. The van der Waals surface area contributed by atoms with Crippen LogP contribution in [0.1, 0.15) is 0 Å². The van der Waals surface area contributed by atoms with Crippen molar-refractivity contribution in [1.82, 2.24) is 24.3 Å². The number of hydrogen-bond donors (Lipinski definition) is 2. The summed E-state index contributed by atoms with van der Waals surface area (Å²) in [6, 6.07) is 0. The highest BCUT2D eigenvalue weighted by molar-refractivity contribution is 5.71. The number of hydrogen-bond acceptors (Lipinski definition) is 3. The SMILES string of the molecule is O=c1nc2[nH]ccn2c2nc[nH]c12. The van der Waals surface area contributed by atoms with Crippen molar-refractivity contribution in [2.75, 3.05) is 0 Å².